The van der Waals surface area contributed by atoms with Crippen LogP contribution in [0.2, 0.25) is 0 Å². The van der Waals surface area contributed by atoms with E-state index >= 15 is 0 Å². The van der Waals surface area contributed by atoms with Crippen molar-refractivity contribution in [3.63, 3.8) is 0 Å². The number of rotatable bonds is 9. The molecule has 1 saturated heterocycles. The second-order valence-electron chi connectivity index (χ2n) is 8.12. The van der Waals surface area contributed by atoms with Crippen molar-refractivity contribution < 1.29 is 14.3 Å². The Morgan fingerprint density at radius 3 is 2.39 bits per heavy atom. The van der Waals surface area contributed by atoms with Gasteiger partial charge < -0.3 is 14.5 Å². The van der Waals surface area contributed by atoms with Crippen molar-refractivity contribution in [2.75, 3.05) is 39.0 Å². The molecule has 2 amide bonds. The number of carbonyl (C=O) groups is 2. The van der Waals surface area contributed by atoms with Crippen LogP contribution in [-0.4, -0.2) is 70.2 Å². The van der Waals surface area contributed by atoms with Gasteiger partial charge in [-0.25, -0.2) is 4.98 Å². The van der Waals surface area contributed by atoms with Crippen molar-refractivity contribution in [3.8, 4) is 0 Å². The van der Waals surface area contributed by atoms with Gasteiger partial charge in [0.15, 0.2) is 5.16 Å². The lowest BCUT2D eigenvalue weighted by molar-refractivity contribution is -0.138. The standard InChI is InChI=1S/C24H32N4O4S/c1-18(29)27-11-13-28(14-12-27)22(30)10-7-15-33-24-25-21(17-32-3)20(23(31)26(24)2)16-19-8-5-4-6-9-19/h4-6,8-9H,7,10-17H2,1-3H3. The molecular weight excluding hydrogens is 440 g/mol. The van der Waals surface area contributed by atoms with Crippen LogP contribution in [0.1, 0.15) is 36.6 Å². The molecule has 178 valence electrons. The molecule has 9 heteroatoms. The Kier molecular flexibility index (Phi) is 9.08. The average Bonchev–Trinajstić information content (AvgIpc) is 2.82. The number of ether oxygens (including phenoxy) is 1. The molecule has 0 unspecified atom stereocenters. The molecule has 0 spiro atoms. The van der Waals surface area contributed by atoms with Crippen LogP contribution in [0.5, 0.6) is 0 Å². The lowest BCUT2D eigenvalue weighted by Crippen LogP contribution is -2.50. The molecule has 0 atom stereocenters. The summed E-state index contributed by atoms with van der Waals surface area (Å²) in [4.78, 5) is 45.3. The van der Waals surface area contributed by atoms with E-state index in [0.29, 0.717) is 67.6 Å². The van der Waals surface area contributed by atoms with Gasteiger partial charge in [0.1, 0.15) is 0 Å². The first-order chi connectivity index (χ1) is 15.9. The molecule has 0 saturated carbocycles. The van der Waals surface area contributed by atoms with E-state index in [1.54, 1.807) is 30.5 Å². The lowest BCUT2D eigenvalue weighted by Gasteiger charge is -2.34. The third-order valence-electron chi connectivity index (χ3n) is 5.78. The predicted molar refractivity (Wildman–Crippen MR) is 128 cm³/mol. The first kappa shape index (κ1) is 25.0. The molecule has 1 aliphatic heterocycles. The van der Waals surface area contributed by atoms with Crippen LogP contribution in [0.25, 0.3) is 0 Å². The molecule has 33 heavy (non-hydrogen) atoms. The van der Waals surface area contributed by atoms with Gasteiger partial charge in [-0.15, -0.1) is 0 Å². The number of methoxy groups -OCH3 is 1. The highest BCUT2D eigenvalue weighted by Gasteiger charge is 2.22. The summed E-state index contributed by atoms with van der Waals surface area (Å²) in [5.41, 5.74) is 2.29. The third kappa shape index (κ3) is 6.68. The summed E-state index contributed by atoms with van der Waals surface area (Å²) >= 11 is 1.48. The average molecular weight is 473 g/mol. The molecule has 1 fully saturated rings. The highest BCUT2D eigenvalue weighted by molar-refractivity contribution is 7.99. The third-order valence-corrected chi connectivity index (χ3v) is 6.89. The van der Waals surface area contributed by atoms with Gasteiger partial charge in [0.05, 0.1) is 12.3 Å². The Labute approximate surface area is 198 Å². The number of hydrogen-bond acceptors (Lipinski definition) is 6. The van der Waals surface area contributed by atoms with Crippen molar-refractivity contribution >= 4 is 23.6 Å². The van der Waals surface area contributed by atoms with Gasteiger partial charge in [0.25, 0.3) is 5.56 Å². The Hall–Kier alpha value is -2.65. The van der Waals surface area contributed by atoms with Gasteiger partial charge in [-0.3, -0.25) is 19.0 Å². The van der Waals surface area contributed by atoms with E-state index in [1.807, 2.05) is 35.2 Å². The van der Waals surface area contributed by atoms with Gasteiger partial charge in [0, 0.05) is 71.4 Å². The number of benzene rings is 1. The van der Waals surface area contributed by atoms with Gasteiger partial charge >= 0.3 is 0 Å². The molecule has 0 N–H and O–H groups in total. The van der Waals surface area contributed by atoms with E-state index < -0.39 is 0 Å². The zero-order valence-corrected chi connectivity index (χ0v) is 20.4. The Bertz CT molecular complexity index is 1020. The molecule has 3 rings (SSSR count). The van der Waals surface area contributed by atoms with Gasteiger partial charge in [-0.2, -0.15) is 0 Å². The van der Waals surface area contributed by atoms with Crippen LogP contribution in [-0.2, 0) is 34.4 Å². The summed E-state index contributed by atoms with van der Waals surface area (Å²) in [7, 11) is 3.34. The number of thioether (sulfide) groups is 1. The van der Waals surface area contributed by atoms with Gasteiger partial charge in [0.2, 0.25) is 11.8 Å². The van der Waals surface area contributed by atoms with Crippen molar-refractivity contribution in [1.29, 1.82) is 0 Å². The SMILES string of the molecule is COCc1nc(SCCCC(=O)N2CCN(C(C)=O)CC2)n(C)c(=O)c1Cc1ccccc1. The van der Waals surface area contributed by atoms with E-state index in [-0.39, 0.29) is 24.0 Å². The zero-order chi connectivity index (χ0) is 23.8. The number of hydrogen-bond donors (Lipinski definition) is 0. The molecule has 2 heterocycles. The zero-order valence-electron chi connectivity index (χ0n) is 19.6. The van der Waals surface area contributed by atoms with Crippen LogP contribution < -0.4 is 5.56 Å². The van der Waals surface area contributed by atoms with Gasteiger partial charge in [-0.1, -0.05) is 42.1 Å². The maximum absolute atomic E-state index is 13.1. The van der Waals surface area contributed by atoms with Gasteiger partial charge in [-0.05, 0) is 12.0 Å². The van der Waals surface area contributed by atoms with Crippen molar-refractivity contribution in [3.05, 3.63) is 57.5 Å². The molecule has 2 aromatic rings. The van der Waals surface area contributed by atoms with Crippen LogP contribution in [0.4, 0.5) is 0 Å². The predicted octanol–water partition coefficient (Wildman–Crippen LogP) is 2.08. The number of nitrogens with zero attached hydrogens (tertiary/aromatic N) is 4. The quantitative estimate of drug-likeness (QED) is 0.316. The van der Waals surface area contributed by atoms with Crippen LogP contribution in [0, 0.1) is 0 Å². The number of carbonyl (C=O) groups excluding carboxylic acids is 2. The highest BCUT2D eigenvalue weighted by Crippen LogP contribution is 2.19. The summed E-state index contributed by atoms with van der Waals surface area (Å²) < 4.78 is 6.90. The minimum atomic E-state index is -0.0668. The fourth-order valence-corrected chi connectivity index (χ4v) is 4.77. The van der Waals surface area contributed by atoms with E-state index in [9.17, 15) is 14.4 Å². The summed E-state index contributed by atoms with van der Waals surface area (Å²) in [5, 5.41) is 0.631. The molecule has 1 aliphatic rings. The summed E-state index contributed by atoms with van der Waals surface area (Å²) in [6.07, 6.45) is 1.64. The summed E-state index contributed by atoms with van der Waals surface area (Å²) in [6, 6.07) is 9.85. The second kappa shape index (κ2) is 12.0. The summed E-state index contributed by atoms with van der Waals surface area (Å²) in [6.45, 7) is 4.20. The van der Waals surface area contributed by atoms with Crippen LogP contribution >= 0.6 is 11.8 Å². The second-order valence-corrected chi connectivity index (χ2v) is 9.18. The van der Waals surface area contributed by atoms with Crippen molar-refractivity contribution in [1.82, 2.24) is 19.4 Å². The lowest BCUT2D eigenvalue weighted by atomic mass is 10.0. The molecule has 0 bridgehead atoms. The first-order valence-electron chi connectivity index (χ1n) is 11.2. The van der Waals surface area contributed by atoms with Crippen LogP contribution in [0.3, 0.4) is 0 Å². The minimum Gasteiger partial charge on any atom is -0.378 e. The van der Waals surface area contributed by atoms with E-state index in [0.717, 1.165) is 5.56 Å². The molecule has 0 aliphatic carbocycles. The largest absolute Gasteiger partial charge is 0.378 e. The maximum atomic E-state index is 13.1. The topological polar surface area (TPSA) is 84.7 Å². The Morgan fingerprint density at radius 2 is 1.76 bits per heavy atom. The van der Waals surface area contributed by atoms with Crippen molar-refractivity contribution in [2.45, 2.75) is 37.9 Å². The fourth-order valence-electron chi connectivity index (χ4n) is 3.85. The normalized spacial score (nSPS) is 13.9. The monoisotopic (exact) mass is 472 g/mol. The van der Waals surface area contributed by atoms with Crippen molar-refractivity contribution in [2.24, 2.45) is 7.05 Å². The first-order valence-corrected chi connectivity index (χ1v) is 12.2. The smallest absolute Gasteiger partial charge is 0.257 e. The van der Waals surface area contributed by atoms with E-state index in [1.165, 1.54) is 11.8 Å². The minimum absolute atomic E-state index is 0.0549. The molecule has 0 radical (unpaired) electrons. The van der Waals surface area contributed by atoms with Crippen LogP contribution in [0.15, 0.2) is 40.3 Å². The maximum Gasteiger partial charge on any atom is 0.257 e. The molecule has 8 nitrogen and oxygen atoms in total. The molecular formula is C24H32N4O4S. The number of aromatic nitrogens is 2. The Morgan fingerprint density at radius 1 is 1.09 bits per heavy atom. The summed E-state index contributed by atoms with van der Waals surface area (Å²) in [5.74, 6) is 0.849. The van der Waals surface area contributed by atoms with E-state index in [2.05, 4.69) is 0 Å². The molecule has 1 aromatic heterocycles. The number of amides is 2. The molecule has 1 aromatic carbocycles. The Balaban J connectivity index is 1.58. The number of piperazine rings is 1. The fraction of sp³-hybridized carbons (Fsp3) is 0.500. The van der Waals surface area contributed by atoms with E-state index in [4.69, 9.17) is 9.72 Å². The highest BCUT2D eigenvalue weighted by atomic mass is 32.2.